The molecular formula is C22H15Cl4N3O2S. The lowest BCUT2D eigenvalue weighted by molar-refractivity contribution is -0.148. The van der Waals surface area contributed by atoms with Crippen molar-refractivity contribution in [1.82, 2.24) is 10.4 Å². The largest absolute Gasteiger partial charge is 0.456 e. The average Bonchev–Trinajstić information content (AvgIpc) is 2.77. The number of benzene rings is 3. The van der Waals surface area contributed by atoms with Gasteiger partial charge in [0, 0.05) is 15.7 Å². The standard InChI is InChI=1S/C22H15Cl4N3O2S/c23-13-3-1-12(2-4-13)20-19(26)21(30)29(20)28-22(32)27-15-7-10-18(17(25)11-15)31-16-8-5-14(24)6-9-16/h1-11,19-20H,(H2,27,28,32). The van der Waals surface area contributed by atoms with Crippen LogP contribution in [0.5, 0.6) is 11.5 Å². The van der Waals surface area contributed by atoms with Crippen LogP contribution in [0, 0.1) is 0 Å². The lowest BCUT2D eigenvalue weighted by Gasteiger charge is -2.44. The summed E-state index contributed by atoms with van der Waals surface area (Å²) >= 11 is 29.8. The molecule has 1 aliphatic rings. The van der Waals surface area contributed by atoms with E-state index in [-0.39, 0.29) is 17.1 Å². The summed E-state index contributed by atoms with van der Waals surface area (Å²) in [6.45, 7) is 0. The maximum atomic E-state index is 12.3. The molecule has 2 atom stereocenters. The lowest BCUT2D eigenvalue weighted by Crippen LogP contribution is -2.63. The summed E-state index contributed by atoms with van der Waals surface area (Å²) in [4.78, 5) is 12.3. The number of alkyl halides is 1. The van der Waals surface area contributed by atoms with Gasteiger partial charge >= 0.3 is 0 Å². The molecule has 0 aromatic heterocycles. The van der Waals surface area contributed by atoms with Crippen molar-refractivity contribution in [3.8, 4) is 11.5 Å². The number of carbonyl (C=O) groups is 1. The molecule has 0 spiro atoms. The molecule has 2 unspecified atom stereocenters. The molecule has 3 aromatic rings. The summed E-state index contributed by atoms with van der Waals surface area (Å²) in [7, 11) is 0. The van der Waals surface area contributed by atoms with E-state index < -0.39 is 5.38 Å². The second-order valence-corrected chi connectivity index (χ2v) is 9.03. The van der Waals surface area contributed by atoms with E-state index in [1.165, 1.54) is 5.01 Å². The fourth-order valence-corrected chi connectivity index (χ4v) is 4.17. The zero-order valence-electron chi connectivity index (χ0n) is 16.2. The van der Waals surface area contributed by atoms with Gasteiger partial charge in [0.15, 0.2) is 5.11 Å². The van der Waals surface area contributed by atoms with Gasteiger partial charge in [0.2, 0.25) is 0 Å². The Hall–Kier alpha value is -2.22. The molecule has 32 heavy (non-hydrogen) atoms. The number of hydrazine groups is 1. The van der Waals surface area contributed by atoms with E-state index in [2.05, 4.69) is 10.7 Å². The summed E-state index contributed by atoms with van der Waals surface area (Å²) in [5.74, 6) is 0.805. The third-order valence-corrected chi connectivity index (χ3v) is 6.11. The lowest BCUT2D eigenvalue weighted by atomic mass is 9.95. The summed E-state index contributed by atoms with van der Waals surface area (Å²) < 4.78 is 5.77. The van der Waals surface area contributed by atoms with Gasteiger partial charge in [-0.1, -0.05) is 46.9 Å². The Morgan fingerprint density at radius 3 is 2.19 bits per heavy atom. The normalized spacial score (nSPS) is 17.5. The van der Waals surface area contributed by atoms with E-state index in [1.54, 1.807) is 54.6 Å². The first kappa shape index (κ1) is 23.0. The number of carbonyl (C=O) groups excluding carboxylic acids is 1. The fourth-order valence-electron chi connectivity index (χ4n) is 3.12. The number of β-lactam (4-membered cyclic amide) rings is 1. The van der Waals surface area contributed by atoms with Crippen molar-refractivity contribution in [2.45, 2.75) is 11.4 Å². The minimum atomic E-state index is -0.690. The molecule has 10 heteroatoms. The SMILES string of the molecule is O=C1C(Cl)C(c2ccc(Cl)cc2)N1NC(=S)Nc1ccc(Oc2ccc(Cl)cc2)c(Cl)c1. The number of rotatable bonds is 5. The average molecular weight is 527 g/mol. The van der Waals surface area contributed by atoms with Crippen LogP contribution in [-0.4, -0.2) is 21.4 Å². The number of nitrogens with zero attached hydrogens (tertiary/aromatic N) is 1. The predicted octanol–water partition coefficient (Wildman–Crippen LogP) is 6.83. The Morgan fingerprint density at radius 1 is 0.938 bits per heavy atom. The van der Waals surface area contributed by atoms with Crippen molar-refractivity contribution < 1.29 is 9.53 Å². The Kier molecular flexibility index (Phi) is 6.98. The molecule has 2 N–H and O–H groups in total. The van der Waals surface area contributed by atoms with Crippen molar-refractivity contribution >= 4 is 75.3 Å². The first-order valence-electron chi connectivity index (χ1n) is 9.35. The molecule has 5 nitrogen and oxygen atoms in total. The van der Waals surface area contributed by atoms with Crippen LogP contribution >= 0.6 is 58.6 Å². The minimum Gasteiger partial charge on any atom is -0.456 e. The fraction of sp³-hybridized carbons (Fsp3) is 0.0909. The Bertz CT molecular complexity index is 1160. The molecule has 0 bridgehead atoms. The molecule has 3 aromatic carbocycles. The van der Waals surface area contributed by atoms with Crippen LogP contribution in [0.2, 0.25) is 15.1 Å². The number of hydrogen-bond acceptors (Lipinski definition) is 3. The molecule has 1 fully saturated rings. The van der Waals surface area contributed by atoms with Crippen LogP contribution in [-0.2, 0) is 4.79 Å². The van der Waals surface area contributed by atoms with Crippen LogP contribution in [0.15, 0.2) is 66.7 Å². The number of amides is 1. The summed E-state index contributed by atoms with van der Waals surface area (Å²) in [5.41, 5.74) is 4.35. The van der Waals surface area contributed by atoms with Crippen LogP contribution in [0.4, 0.5) is 5.69 Å². The molecule has 0 radical (unpaired) electrons. The van der Waals surface area contributed by atoms with Gasteiger partial charge in [0.1, 0.15) is 22.9 Å². The first-order valence-corrected chi connectivity index (χ1v) is 11.3. The maximum absolute atomic E-state index is 12.3. The van der Waals surface area contributed by atoms with Gasteiger partial charge in [0.05, 0.1) is 5.02 Å². The van der Waals surface area contributed by atoms with Crippen LogP contribution in [0.1, 0.15) is 11.6 Å². The Morgan fingerprint density at radius 2 is 1.56 bits per heavy atom. The Balaban J connectivity index is 1.40. The number of ether oxygens (including phenoxy) is 1. The minimum absolute atomic E-state index is 0.211. The van der Waals surface area contributed by atoms with Crippen molar-refractivity contribution in [2.24, 2.45) is 0 Å². The molecule has 4 rings (SSSR count). The highest BCUT2D eigenvalue weighted by atomic mass is 35.5. The van der Waals surface area contributed by atoms with Gasteiger partial charge in [-0.2, -0.15) is 0 Å². The smallest absolute Gasteiger partial charge is 0.262 e. The topological polar surface area (TPSA) is 53.6 Å². The van der Waals surface area contributed by atoms with Crippen molar-refractivity contribution in [2.75, 3.05) is 5.32 Å². The second kappa shape index (κ2) is 9.73. The van der Waals surface area contributed by atoms with Crippen molar-refractivity contribution in [1.29, 1.82) is 0 Å². The maximum Gasteiger partial charge on any atom is 0.262 e. The second-order valence-electron chi connectivity index (χ2n) is 6.87. The van der Waals surface area contributed by atoms with Crippen LogP contribution in [0.25, 0.3) is 0 Å². The van der Waals surface area contributed by atoms with Gasteiger partial charge in [-0.3, -0.25) is 10.2 Å². The highest BCUT2D eigenvalue weighted by Crippen LogP contribution is 2.37. The first-order chi connectivity index (χ1) is 15.3. The monoisotopic (exact) mass is 525 g/mol. The molecule has 1 heterocycles. The number of anilines is 1. The highest BCUT2D eigenvalue weighted by molar-refractivity contribution is 7.80. The quantitative estimate of drug-likeness (QED) is 0.217. The van der Waals surface area contributed by atoms with Gasteiger partial charge in [-0.05, 0) is 72.4 Å². The van der Waals surface area contributed by atoms with E-state index in [9.17, 15) is 4.79 Å². The molecule has 1 aliphatic heterocycles. The molecule has 164 valence electrons. The van der Waals surface area contributed by atoms with Gasteiger partial charge in [-0.15, -0.1) is 11.6 Å². The molecule has 0 aliphatic carbocycles. The molecule has 0 saturated carbocycles. The number of nitrogens with one attached hydrogen (secondary N) is 2. The van der Waals surface area contributed by atoms with E-state index in [0.29, 0.717) is 32.3 Å². The summed E-state index contributed by atoms with van der Waals surface area (Å²) in [6.07, 6.45) is 0. The summed E-state index contributed by atoms with van der Waals surface area (Å²) in [6, 6.07) is 18.8. The van der Waals surface area contributed by atoms with E-state index in [4.69, 9.17) is 63.4 Å². The van der Waals surface area contributed by atoms with Gasteiger partial charge in [-0.25, -0.2) is 5.01 Å². The van der Waals surface area contributed by atoms with Crippen LogP contribution in [0.3, 0.4) is 0 Å². The molecule has 1 amide bonds. The Labute approximate surface area is 210 Å². The van der Waals surface area contributed by atoms with E-state index in [1.807, 2.05) is 12.1 Å². The van der Waals surface area contributed by atoms with Gasteiger partial charge < -0.3 is 10.1 Å². The highest BCUT2D eigenvalue weighted by Gasteiger charge is 2.48. The predicted molar refractivity (Wildman–Crippen MR) is 133 cm³/mol. The number of thiocarbonyl (C=S) groups is 1. The third-order valence-electron chi connectivity index (χ3n) is 4.69. The zero-order chi connectivity index (χ0) is 22.8. The van der Waals surface area contributed by atoms with E-state index in [0.717, 1.165) is 5.56 Å². The zero-order valence-corrected chi connectivity index (χ0v) is 20.0. The van der Waals surface area contributed by atoms with Crippen molar-refractivity contribution in [3.05, 3.63) is 87.4 Å². The molecule has 1 saturated heterocycles. The molecular weight excluding hydrogens is 512 g/mol. The van der Waals surface area contributed by atoms with E-state index >= 15 is 0 Å². The third kappa shape index (κ3) is 5.05. The van der Waals surface area contributed by atoms with Crippen LogP contribution < -0.4 is 15.5 Å². The van der Waals surface area contributed by atoms with Crippen molar-refractivity contribution in [3.63, 3.8) is 0 Å². The number of hydrogen-bond donors (Lipinski definition) is 2. The summed E-state index contributed by atoms with van der Waals surface area (Å²) in [5, 5.41) is 5.50. The number of halogens is 4. The van der Waals surface area contributed by atoms with Gasteiger partial charge in [0.25, 0.3) is 5.91 Å².